The molecule has 0 aliphatic carbocycles. The Bertz CT molecular complexity index is 685. The maximum Gasteiger partial charge on any atom is 0.322 e. The van der Waals surface area contributed by atoms with Crippen LogP contribution in [0.3, 0.4) is 0 Å². The van der Waals surface area contributed by atoms with Crippen LogP contribution < -0.4 is 0 Å². The number of hydrogen-bond donors (Lipinski definition) is 1. The smallest absolute Gasteiger partial charge is 0.322 e. The van der Waals surface area contributed by atoms with Crippen molar-refractivity contribution in [1.29, 1.82) is 0 Å². The molecule has 2 aromatic carbocycles. The van der Waals surface area contributed by atoms with Gasteiger partial charge in [0.05, 0.1) is 7.11 Å². The van der Waals surface area contributed by atoms with Crippen LogP contribution in [0.2, 0.25) is 0 Å². The van der Waals surface area contributed by atoms with Crippen LogP contribution in [-0.4, -0.2) is 42.2 Å². The van der Waals surface area contributed by atoms with Crippen molar-refractivity contribution in [3.05, 3.63) is 65.2 Å². The number of phenols is 1. The Hall–Kier alpha value is -2.33. The average molecular weight is 341 g/mol. The van der Waals surface area contributed by atoms with E-state index in [9.17, 15) is 9.90 Å². The second kappa shape index (κ2) is 9.23. The molecule has 4 nitrogen and oxygen atoms in total. The number of carbonyl (C=O) groups is 1. The van der Waals surface area contributed by atoms with E-state index in [1.54, 1.807) is 0 Å². The van der Waals surface area contributed by atoms with Crippen molar-refractivity contribution in [2.45, 2.75) is 32.7 Å². The minimum absolute atomic E-state index is 0.235. The van der Waals surface area contributed by atoms with E-state index < -0.39 is 0 Å². The third-order valence-corrected chi connectivity index (χ3v) is 4.61. The first kappa shape index (κ1) is 19.0. The van der Waals surface area contributed by atoms with Crippen molar-refractivity contribution < 1.29 is 14.6 Å². The quantitative estimate of drug-likeness (QED) is 0.748. The standard InChI is InChI=1S/C21H27NO3/c1-16-8-7-11-19(20(16)23)13-15-22(17(2)21(24)25-3)14-12-18-9-5-4-6-10-18/h4-11,17,23H,12-15H2,1-3H3. The van der Waals surface area contributed by atoms with E-state index in [0.717, 1.165) is 24.1 Å². The Labute approximate surface area is 150 Å². The zero-order valence-corrected chi connectivity index (χ0v) is 15.2. The number of rotatable bonds is 8. The van der Waals surface area contributed by atoms with Gasteiger partial charge in [0.1, 0.15) is 11.8 Å². The van der Waals surface area contributed by atoms with Gasteiger partial charge in [-0.1, -0.05) is 48.5 Å². The zero-order chi connectivity index (χ0) is 18.2. The Morgan fingerprint density at radius 1 is 1.08 bits per heavy atom. The molecule has 0 radical (unpaired) electrons. The number of esters is 1. The summed E-state index contributed by atoms with van der Waals surface area (Å²) < 4.78 is 4.91. The molecule has 0 aromatic heterocycles. The van der Waals surface area contributed by atoms with Crippen LogP contribution >= 0.6 is 0 Å². The zero-order valence-electron chi connectivity index (χ0n) is 15.2. The van der Waals surface area contributed by atoms with Gasteiger partial charge in [0.25, 0.3) is 0 Å². The van der Waals surface area contributed by atoms with Crippen molar-refractivity contribution in [2.75, 3.05) is 20.2 Å². The molecule has 1 N–H and O–H groups in total. The van der Waals surface area contributed by atoms with E-state index in [1.165, 1.54) is 12.7 Å². The second-order valence-electron chi connectivity index (χ2n) is 6.30. The number of carbonyl (C=O) groups excluding carboxylic acids is 1. The Morgan fingerprint density at radius 3 is 2.44 bits per heavy atom. The monoisotopic (exact) mass is 341 g/mol. The van der Waals surface area contributed by atoms with E-state index in [1.807, 2.05) is 50.2 Å². The van der Waals surface area contributed by atoms with Crippen LogP contribution in [0.15, 0.2) is 48.5 Å². The van der Waals surface area contributed by atoms with Gasteiger partial charge in [0.15, 0.2) is 0 Å². The Balaban J connectivity index is 2.05. The fraction of sp³-hybridized carbons (Fsp3) is 0.381. The Morgan fingerprint density at radius 2 is 1.76 bits per heavy atom. The number of aryl methyl sites for hydroxylation is 1. The number of methoxy groups -OCH3 is 1. The summed E-state index contributed by atoms with van der Waals surface area (Å²) in [6.07, 6.45) is 1.55. The van der Waals surface area contributed by atoms with Gasteiger partial charge >= 0.3 is 5.97 Å². The molecule has 0 amide bonds. The molecule has 134 valence electrons. The molecule has 0 aliphatic heterocycles. The van der Waals surface area contributed by atoms with Gasteiger partial charge in [-0.25, -0.2) is 0 Å². The molecule has 0 aliphatic rings. The molecule has 0 heterocycles. The first-order valence-corrected chi connectivity index (χ1v) is 8.66. The first-order chi connectivity index (χ1) is 12.0. The number of ether oxygens (including phenoxy) is 1. The van der Waals surface area contributed by atoms with Crippen LogP contribution in [0.5, 0.6) is 5.75 Å². The lowest BCUT2D eigenvalue weighted by Crippen LogP contribution is -2.42. The summed E-state index contributed by atoms with van der Waals surface area (Å²) in [4.78, 5) is 14.1. The van der Waals surface area contributed by atoms with Gasteiger partial charge in [-0.05, 0) is 43.4 Å². The molecule has 0 saturated heterocycles. The predicted molar refractivity (Wildman–Crippen MR) is 99.7 cm³/mol. The maximum absolute atomic E-state index is 12.0. The number of nitrogens with zero attached hydrogens (tertiary/aromatic N) is 1. The van der Waals surface area contributed by atoms with Crippen LogP contribution in [0, 0.1) is 6.92 Å². The first-order valence-electron chi connectivity index (χ1n) is 8.66. The van der Waals surface area contributed by atoms with Gasteiger partial charge in [-0.2, -0.15) is 0 Å². The SMILES string of the molecule is COC(=O)C(C)N(CCc1ccccc1)CCc1cccc(C)c1O. The highest BCUT2D eigenvalue weighted by Gasteiger charge is 2.22. The predicted octanol–water partition coefficient (Wildman–Crippen LogP) is 3.35. The number of para-hydroxylation sites is 1. The lowest BCUT2D eigenvalue weighted by atomic mass is 10.1. The van der Waals surface area contributed by atoms with Gasteiger partial charge in [-0.3, -0.25) is 9.69 Å². The maximum atomic E-state index is 12.0. The molecule has 2 rings (SSSR count). The third-order valence-electron chi connectivity index (χ3n) is 4.61. The van der Waals surface area contributed by atoms with Crippen molar-refractivity contribution >= 4 is 5.97 Å². The molecule has 0 fully saturated rings. The topological polar surface area (TPSA) is 49.8 Å². The molecule has 1 unspecified atom stereocenters. The van der Waals surface area contributed by atoms with E-state index in [0.29, 0.717) is 18.7 Å². The lowest BCUT2D eigenvalue weighted by Gasteiger charge is -2.27. The third kappa shape index (κ3) is 5.33. The minimum atomic E-state index is -0.319. The van der Waals surface area contributed by atoms with Crippen LogP contribution in [0.4, 0.5) is 0 Å². The van der Waals surface area contributed by atoms with Crippen molar-refractivity contribution in [3.8, 4) is 5.75 Å². The van der Waals surface area contributed by atoms with E-state index >= 15 is 0 Å². The second-order valence-corrected chi connectivity index (χ2v) is 6.30. The van der Waals surface area contributed by atoms with Crippen LogP contribution in [-0.2, 0) is 22.4 Å². The highest BCUT2D eigenvalue weighted by atomic mass is 16.5. The van der Waals surface area contributed by atoms with E-state index in [4.69, 9.17) is 4.74 Å². The molecule has 0 saturated carbocycles. The van der Waals surface area contributed by atoms with E-state index in [2.05, 4.69) is 17.0 Å². The van der Waals surface area contributed by atoms with Crippen molar-refractivity contribution in [1.82, 2.24) is 4.90 Å². The number of hydrogen-bond acceptors (Lipinski definition) is 4. The largest absolute Gasteiger partial charge is 0.507 e. The number of aromatic hydroxyl groups is 1. The van der Waals surface area contributed by atoms with E-state index in [-0.39, 0.29) is 12.0 Å². The summed E-state index contributed by atoms with van der Waals surface area (Å²) in [5, 5.41) is 10.2. The van der Waals surface area contributed by atoms with Crippen LogP contribution in [0.25, 0.3) is 0 Å². The van der Waals surface area contributed by atoms with Crippen LogP contribution in [0.1, 0.15) is 23.6 Å². The highest BCUT2D eigenvalue weighted by Crippen LogP contribution is 2.22. The molecular formula is C21H27NO3. The summed E-state index contributed by atoms with van der Waals surface area (Å²) in [5.41, 5.74) is 3.01. The lowest BCUT2D eigenvalue weighted by molar-refractivity contribution is -0.146. The molecule has 2 aromatic rings. The van der Waals surface area contributed by atoms with Crippen molar-refractivity contribution in [2.24, 2.45) is 0 Å². The summed E-state index contributed by atoms with van der Waals surface area (Å²) in [6, 6.07) is 15.7. The molecule has 0 spiro atoms. The van der Waals surface area contributed by atoms with Gasteiger partial charge in [0.2, 0.25) is 0 Å². The summed E-state index contributed by atoms with van der Waals surface area (Å²) >= 11 is 0. The molecule has 1 atom stereocenters. The normalized spacial score (nSPS) is 12.2. The molecular weight excluding hydrogens is 314 g/mol. The summed E-state index contributed by atoms with van der Waals surface area (Å²) in [5.74, 6) is 0.109. The molecule has 4 heteroatoms. The highest BCUT2D eigenvalue weighted by molar-refractivity contribution is 5.75. The van der Waals surface area contributed by atoms with Gasteiger partial charge in [-0.15, -0.1) is 0 Å². The number of phenolic OH excluding ortho intramolecular Hbond substituents is 1. The Kier molecular flexibility index (Phi) is 7.02. The fourth-order valence-corrected chi connectivity index (χ4v) is 2.92. The van der Waals surface area contributed by atoms with Gasteiger partial charge < -0.3 is 9.84 Å². The summed E-state index contributed by atoms with van der Waals surface area (Å²) in [7, 11) is 1.42. The summed E-state index contributed by atoms with van der Waals surface area (Å²) in [6.45, 7) is 5.20. The van der Waals surface area contributed by atoms with Gasteiger partial charge in [0, 0.05) is 13.1 Å². The molecule has 25 heavy (non-hydrogen) atoms. The molecule has 0 bridgehead atoms. The number of benzene rings is 2. The minimum Gasteiger partial charge on any atom is -0.507 e. The fourth-order valence-electron chi connectivity index (χ4n) is 2.92. The van der Waals surface area contributed by atoms with Crippen molar-refractivity contribution in [3.63, 3.8) is 0 Å². The average Bonchev–Trinajstić information content (AvgIpc) is 2.64.